The maximum Gasteiger partial charge on any atom is 0.226 e. The number of amides is 1. The summed E-state index contributed by atoms with van der Waals surface area (Å²) in [5, 5.41) is 7.85. The second kappa shape index (κ2) is 7.53. The van der Waals surface area contributed by atoms with Crippen molar-refractivity contribution < 1.29 is 18.8 Å². The number of aromatic nitrogens is 2. The topological polar surface area (TPSA) is 86.5 Å². The fraction of sp³-hybridized carbons (Fsp3) is 0.316. The second-order valence-electron chi connectivity index (χ2n) is 6.16. The molecule has 26 heavy (non-hydrogen) atoms. The van der Waals surface area contributed by atoms with E-state index in [0.29, 0.717) is 36.8 Å². The molecule has 7 heteroatoms. The van der Waals surface area contributed by atoms with Crippen LogP contribution in [0.25, 0.3) is 11.0 Å². The van der Waals surface area contributed by atoms with Gasteiger partial charge in [-0.2, -0.15) is 0 Å². The molecule has 0 unspecified atom stereocenters. The summed E-state index contributed by atoms with van der Waals surface area (Å²) in [6.45, 7) is 1.00. The molecule has 2 aromatic heterocycles. The van der Waals surface area contributed by atoms with Crippen LogP contribution < -0.4 is 10.1 Å². The molecule has 1 aliphatic heterocycles. The number of hydrogen-bond donors (Lipinski definition) is 1. The van der Waals surface area contributed by atoms with Crippen LogP contribution in [-0.2, 0) is 16.0 Å². The van der Waals surface area contributed by atoms with Crippen molar-refractivity contribution in [1.29, 1.82) is 0 Å². The average molecular weight is 353 g/mol. The SMILES string of the molecule is O=C(Cc1noc2ccccc12)N[C@@H]1COCC[C@H]1Oc1ccccn1. The van der Waals surface area contributed by atoms with Crippen LogP contribution in [0.5, 0.6) is 5.88 Å². The van der Waals surface area contributed by atoms with Gasteiger partial charge < -0.3 is 19.3 Å². The lowest BCUT2D eigenvalue weighted by Crippen LogP contribution is -2.52. The molecule has 7 nitrogen and oxygen atoms in total. The largest absolute Gasteiger partial charge is 0.472 e. The number of rotatable bonds is 5. The van der Waals surface area contributed by atoms with Gasteiger partial charge in [-0.3, -0.25) is 4.79 Å². The Balaban J connectivity index is 1.41. The highest BCUT2D eigenvalue weighted by molar-refractivity contribution is 5.86. The van der Waals surface area contributed by atoms with Gasteiger partial charge in [-0.05, 0) is 18.2 Å². The van der Waals surface area contributed by atoms with Crippen LogP contribution in [0.1, 0.15) is 12.1 Å². The zero-order valence-electron chi connectivity index (χ0n) is 14.1. The summed E-state index contributed by atoms with van der Waals surface area (Å²) < 4.78 is 16.7. The van der Waals surface area contributed by atoms with Crippen LogP contribution in [0.4, 0.5) is 0 Å². The first kappa shape index (κ1) is 16.5. The number of pyridine rings is 1. The van der Waals surface area contributed by atoms with E-state index >= 15 is 0 Å². The average Bonchev–Trinajstić information content (AvgIpc) is 3.07. The van der Waals surface area contributed by atoms with Gasteiger partial charge in [0, 0.05) is 24.1 Å². The molecule has 1 saturated heterocycles. The summed E-state index contributed by atoms with van der Waals surface area (Å²) in [4.78, 5) is 16.7. The molecular weight excluding hydrogens is 334 g/mol. The van der Waals surface area contributed by atoms with Crippen LogP contribution >= 0.6 is 0 Å². The Morgan fingerprint density at radius 2 is 2.12 bits per heavy atom. The quantitative estimate of drug-likeness (QED) is 0.756. The minimum Gasteiger partial charge on any atom is -0.472 e. The van der Waals surface area contributed by atoms with Crippen molar-refractivity contribution in [1.82, 2.24) is 15.5 Å². The molecule has 0 spiro atoms. The van der Waals surface area contributed by atoms with Crippen LogP contribution in [-0.4, -0.2) is 41.4 Å². The lowest BCUT2D eigenvalue weighted by atomic mass is 10.1. The Morgan fingerprint density at radius 3 is 3.00 bits per heavy atom. The number of nitrogens with one attached hydrogen (secondary N) is 1. The predicted octanol–water partition coefficient (Wildman–Crippen LogP) is 2.12. The normalized spacial score (nSPS) is 20.0. The molecule has 0 aliphatic carbocycles. The van der Waals surface area contributed by atoms with Gasteiger partial charge in [0.15, 0.2) is 5.58 Å². The van der Waals surface area contributed by atoms with Crippen molar-refractivity contribution in [2.45, 2.75) is 25.0 Å². The Labute approximate surface area is 150 Å². The fourth-order valence-corrected chi connectivity index (χ4v) is 3.04. The highest BCUT2D eigenvalue weighted by Gasteiger charge is 2.29. The molecule has 1 aromatic carbocycles. The standard InChI is InChI=1S/C19H19N3O4/c23-18(11-14-13-5-1-2-6-16(13)26-22-14)21-15-12-24-10-8-17(15)25-19-7-3-4-9-20-19/h1-7,9,15,17H,8,10-12H2,(H,21,23)/t15-,17-/m1/s1. The van der Waals surface area contributed by atoms with Crippen molar-refractivity contribution in [2.75, 3.05) is 13.2 Å². The smallest absolute Gasteiger partial charge is 0.226 e. The third kappa shape index (κ3) is 3.67. The number of carbonyl (C=O) groups is 1. The minimum absolute atomic E-state index is 0.143. The molecule has 0 saturated carbocycles. The van der Waals surface area contributed by atoms with E-state index in [1.165, 1.54) is 0 Å². The zero-order valence-corrected chi connectivity index (χ0v) is 14.1. The zero-order chi connectivity index (χ0) is 17.8. The van der Waals surface area contributed by atoms with E-state index in [2.05, 4.69) is 15.5 Å². The van der Waals surface area contributed by atoms with Crippen molar-refractivity contribution >= 4 is 16.9 Å². The Hall–Kier alpha value is -2.93. The first-order valence-electron chi connectivity index (χ1n) is 8.58. The van der Waals surface area contributed by atoms with Gasteiger partial charge in [-0.1, -0.05) is 23.4 Å². The first-order chi connectivity index (χ1) is 12.8. The summed E-state index contributed by atoms with van der Waals surface area (Å²) >= 11 is 0. The number of benzene rings is 1. The number of carbonyl (C=O) groups excluding carboxylic acids is 1. The van der Waals surface area contributed by atoms with E-state index in [0.717, 1.165) is 5.39 Å². The molecule has 0 radical (unpaired) electrons. The molecular formula is C19H19N3O4. The van der Waals surface area contributed by atoms with E-state index in [1.807, 2.05) is 36.4 Å². The Kier molecular flexibility index (Phi) is 4.79. The van der Waals surface area contributed by atoms with Gasteiger partial charge in [-0.15, -0.1) is 0 Å². The molecule has 3 aromatic rings. The second-order valence-corrected chi connectivity index (χ2v) is 6.16. The van der Waals surface area contributed by atoms with Gasteiger partial charge in [0.05, 0.1) is 25.7 Å². The monoisotopic (exact) mass is 353 g/mol. The van der Waals surface area contributed by atoms with Gasteiger partial charge in [-0.25, -0.2) is 4.98 Å². The number of fused-ring (bicyclic) bond motifs is 1. The van der Waals surface area contributed by atoms with E-state index in [-0.39, 0.29) is 24.5 Å². The summed E-state index contributed by atoms with van der Waals surface area (Å²) in [6.07, 6.45) is 2.33. The summed E-state index contributed by atoms with van der Waals surface area (Å²) in [6, 6.07) is 12.7. The summed E-state index contributed by atoms with van der Waals surface area (Å²) in [5.74, 6) is 0.398. The first-order valence-corrected chi connectivity index (χ1v) is 8.58. The third-order valence-electron chi connectivity index (χ3n) is 4.33. The molecule has 4 rings (SSSR count). The number of hydrogen-bond acceptors (Lipinski definition) is 6. The van der Waals surface area contributed by atoms with E-state index in [4.69, 9.17) is 14.0 Å². The molecule has 1 fully saturated rings. The van der Waals surface area contributed by atoms with Crippen molar-refractivity contribution in [3.05, 3.63) is 54.4 Å². The lowest BCUT2D eigenvalue weighted by molar-refractivity contribution is -0.123. The van der Waals surface area contributed by atoms with Crippen LogP contribution in [0, 0.1) is 0 Å². The molecule has 2 atom stereocenters. The van der Waals surface area contributed by atoms with Gasteiger partial charge in [0.1, 0.15) is 11.8 Å². The minimum atomic E-state index is -0.239. The highest BCUT2D eigenvalue weighted by atomic mass is 16.5. The van der Waals surface area contributed by atoms with E-state index in [9.17, 15) is 4.79 Å². The van der Waals surface area contributed by atoms with Crippen molar-refractivity contribution in [3.8, 4) is 5.88 Å². The molecule has 134 valence electrons. The van der Waals surface area contributed by atoms with E-state index in [1.54, 1.807) is 12.3 Å². The maximum atomic E-state index is 12.5. The molecule has 0 bridgehead atoms. The van der Waals surface area contributed by atoms with Crippen molar-refractivity contribution in [3.63, 3.8) is 0 Å². The van der Waals surface area contributed by atoms with Crippen LogP contribution in [0.2, 0.25) is 0 Å². The predicted molar refractivity (Wildman–Crippen MR) is 93.7 cm³/mol. The molecule has 1 amide bonds. The Morgan fingerprint density at radius 1 is 1.23 bits per heavy atom. The number of para-hydroxylation sites is 1. The summed E-state index contributed by atoms with van der Waals surface area (Å²) in [7, 11) is 0. The maximum absolute atomic E-state index is 12.5. The molecule has 1 aliphatic rings. The van der Waals surface area contributed by atoms with Crippen LogP contribution in [0.3, 0.4) is 0 Å². The molecule has 3 heterocycles. The highest BCUT2D eigenvalue weighted by Crippen LogP contribution is 2.19. The lowest BCUT2D eigenvalue weighted by Gasteiger charge is -2.32. The van der Waals surface area contributed by atoms with Crippen LogP contribution in [0.15, 0.2) is 53.2 Å². The fourth-order valence-electron chi connectivity index (χ4n) is 3.04. The molecule has 1 N–H and O–H groups in total. The number of nitrogens with zero attached hydrogens (tertiary/aromatic N) is 2. The van der Waals surface area contributed by atoms with Gasteiger partial charge in [0.2, 0.25) is 11.8 Å². The Bertz CT molecular complexity index is 881. The van der Waals surface area contributed by atoms with Gasteiger partial charge >= 0.3 is 0 Å². The third-order valence-corrected chi connectivity index (χ3v) is 4.33. The van der Waals surface area contributed by atoms with Gasteiger partial charge in [0.25, 0.3) is 0 Å². The van der Waals surface area contributed by atoms with Crippen molar-refractivity contribution in [2.24, 2.45) is 0 Å². The van der Waals surface area contributed by atoms with E-state index < -0.39 is 0 Å². The number of ether oxygens (including phenoxy) is 2. The summed E-state index contributed by atoms with van der Waals surface area (Å²) in [5.41, 5.74) is 1.30.